The van der Waals surface area contributed by atoms with Crippen LogP contribution in [-0.2, 0) is 16.1 Å². The Labute approximate surface area is 204 Å². The van der Waals surface area contributed by atoms with E-state index in [1.54, 1.807) is 36.4 Å². The van der Waals surface area contributed by atoms with Gasteiger partial charge in [-0.1, -0.05) is 29.8 Å². The van der Waals surface area contributed by atoms with Crippen molar-refractivity contribution >= 4 is 63.1 Å². The highest BCUT2D eigenvalue weighted by molar-refractivity contribution is 8.18. The number of thioether (sulfide) groups is 1. The zero-order valence-electron chi connectivity index (χ0n) is 17.9. The average molecular weight is 492 g/mol. The van der Waals surface area contributed by atoms with E-state index in [9.17, 15) is 9.59 Å². The minimum absolute atomic E-state index is 0.155. The van der Waals surface area contributed by atoms with Crippen molar-refractivity contribution in [3.63, 3.8) is 0 Å². The molecule has 1 saturated heterocycles. The molecule has 34 heavy (non-hydrogen) atoms. The average Bonchev–Trinajstić information content (AvgIpc) is 3.54. The van der Waals surface area contributed by atoms with Crippen molar-refractivity contribution in [2.24, 2.45) is 4.99 Å². The van der Waals surface area contributed by atoms with Gasteiger partial charge < -0.3 is 19.0 Å². The summed E-state index contributed by atoms with van der Waals surface area (Å²) in [4.78, 5) is 29.3. The molecule has 0 bridgehead atoms. The Kier molecular flexibility index (Phi) is 6.00. The summed E-state index contributed by atoms with van der Waals surface area (Å²) in [6, 6.07) is 18.3. The summed E-state index contributed by atoms with van der Waals surface area (Å²) in [5, 5.41) is 4.93. The van der Waals surface area contributed by atoms with Crippen LogP contribution in [0.3, 0.4) is 0 Å². The van der Waals surface area contributed by atoms with Crippen molar-refractivity contribution in [2.45, 2.75) is 6.54 Å². The first-order valence-electron chi connectivity index (χ1n) is 10.3. The number of carbonyl (C=O) groups excluding carboxylic acids is 2. The number of fused-ring (bicyclic) bond motifs is 1. The van der Waals surface area contributed by atoms with Gasteiger partial charge in [0.05, 0.1) is 24.2 Å². The number of benzene rings is 2. The van der Waals surface area contributed by atoms with Crippen molar-refractivity contribution in [3.05, 3.63) is 93.9 Å². The number of nitrogens with zero attached hydrogens (tertiary/aromatic N) is 2. The molecule has 0 unspecified atom stereocenters. The van der Waals surface area contributed by atoms with Crippen molar-refractivity contribution in [2.75, 3.05) is 7.11 Å². The van der Waals surface area contributed by atoms with Crippen molar-refractivity contribution in [1.82, 2.24) is 9.88 Å². The van der Waals surface area contributed by atoms with Crippen LogP contribution in [0.5, 0.6) is 0 Å². The van der Waals surface area contributed by atoms with Gasteiger partial charge in [-0.3, -0.25) is 4.79 Å². The molecule has 3 heterocycles. The van der Waals surface area contributed by atoms with Gasteiger partial charge in [0.1, 0.15) is 5.76 Å². The van der Waals surface area contributed by atoms with Gasteiger partial charge in [-0.2, -0.15) is 0 Å². The summed E-state index contributed by atoms with van der Waals surface area (Å²) in [6.07, 6.45) is 3.81. The molecule has 0 aliphatic carbocycles. The van der Waals surface area contributed by atoms with Crippen LogP contribution >= 0.6 is 23.4 Å². The third-order valence-electron chi connectivity index (χ3n) is 5.19. The lowest BCUT2D eigenvalue weighted by Crippen LogP contribution is -2.19. The van der Waals surface area contributed by atoms with Crippen LogP contribution in [-0.4, -0.2) is 28.7 Å². The maximum atomic E-state index is 12.6. The molecule has 0 saturated carbocycles. The molecule has 2 aromatic carbocycles. The van der Waals surface area contributed by atoms with Gasteiger partial charge in [-0.05, 0) is 60.3 Å². The molecular formula is C25H18ClN3O4S. The van der Waals surface area contributed by atoms with E-state index in [1.807, 2.05) is 41.1 Å². The molecule has 4 aromatic rings. The maximum absolute atomic E-state index is 12.6. The fourth-order valence-electron chi connectivity index (χ4n) is 3.62. The van der Waals surface area contributed by atoms with Gasteiger partial charge >= 0.3 is 5.97 Å². The van der Waals surface area contributed by atoms with Crippen LogP contribution in [0.2, 0.25) is 5.02 Å². The van der Waals surface area contributed by atoms with E-state index in [2.05, 4.69) is 10.3 Å². The van der Waals surface area contributed by atoms with Gasteiger partial charge in [-0.15, -0.1) is 0 Å². The van der Waals surface area contributed by atoms with E-state index in [4.69, 9.17) is 20.8 Å². The van der Waals surface area contributed by atoms with E-state index in [-0.39, 0.29) is 11.7 Å². The third kappa shape index (κ3) is 4.50. The second-order valence-corrected chi connectivity index (χ2v) is 8.91. The molecule has 5 rings (SSSR count). The lowest BCUT2D eigenvalue weighted by Gasteiger charge is -2.02. The molecule has 170 valence electrons. The van der Waals surface area contributed by atoms with E-state index < -0.39 is 5.97 Å². The normalized spacial score (nSPS) is 15.9. The molecule has 2 aromatic heterocycles. The Bertz CT molecular complexity index is 1470. The Balaban J connectivity index is 1.44. The molecule has 1 N–H and O–H groups in total. The Morgan fingerprint density at radius 2 is 1.97 bits per heavy atom. The fourth-order valence-corrected chi connectivity index (χ4v) is 4.58. The first kappa shape index (κ1) is 22.1. The van der Waals surface area contributed by atoms with Crippen molar-refractivity contribution < 1.29 is 18.7 Å². The number of aliphatic imine (C=N–C) groups is 1. The smallest absolute Gasteiger partial charge is 0.373 e. The first-order chi connectivity index (χ1) is 16.5. The summed E-state index contributed by atoms with van der Waals surface area (Å²) >= 11 is 7.21. The van der Waals surface area contributed by atoms with Gasteiger partial charge in [-0.25, -0.2) is 9.79 Å². The standard InChI is InChI=1S/C25H18ClN3O4S/c1-32-24(31)21-11-10-18(33-21)14-29-13-15(19-4-2-3-5-20(19)29)12-22-23(30)28-25(34-22)27-17-8-6-16(26)7-9-17/h2-13H,14H2,1H3,(H,27,28,30)/b22-12-. The summed E-state index contributed by atoms with van der Waals surface area (Å²) in [5.74, 6) is 0.0474. The number of hydrogen-bond acceptors (Lipinski definition) is 6. The zero-order valence-corrected chi connectivity index (χ0v) is 19.5. The highest BCUT2D eigenvalue weighted by atomic mass is 35.5. The number of nitrogens with one attached hydrogen (secondary N) is 1. The minimum Gasteiger partial charge on any atom is -0.463 e. The fraction of sp³-hybridized carbons (Fsp3) is 0.0800. The minimum atomic E-state index is -0.519. The van der Waals surface area contributed by atoms with E-state index >= 15 is 0 Å². The topological polar surface area (TPSA) is 85.8 Å². The Hall–Kier alpha value is -3.75. The molecule has 0 atom stereocenters. The number of rotatable bonds is 5. The number of hydrogen-bond donors (Lipinski definition) is 1. The second kappa shape index (κ2) is 9.24. The van der Waals surface area contributed by atoms with Gasteiger partial charge in [0, 0.05) is 27.7 Å². The molecule has 9 heteroatoms. The number of esters is 1. The van der Waals surface area contributed by atoms with Crippen LogP contribution in [0.15, 0.2) is 81.2 Å². The number of para-hydroxylation sites is 1. The van der Waals surface area contributed by atoms with Gasteiger partial charge in [0.25, 0.3) is 5.91 Å². The molecule has 1 fully saturated rings. The van der Waals surface area contributed by atoms with Crippen LogP contribution < -0.4 is 5.32 Å². The van der Waals surface area contributed by atoms with E-state index in [1.165, 1.54) is 18.9 Å². The quantitative estimate of drug-likeness (QED) is 0.289. The monoisotopic (exact) mass is 491 g/mol. The Morgan fingerprint density at radius 1 is 1.18 bits per heavy atom. The number of amides is 1. The molecule has 0 spiro atoms. The first-order valence-corrected chi connectivity index (χ1v) is 11.5. The number of ether oxygens (including phenoxy) is 1. The molecule has 1 aliphatic heterocycles. The number of amidine groups is 1. The molecule has 0 radical (unpaired) electrons. The predicted molar refractivity (Wildman–Crippen MR) is 133 cm³/mol. The van der Waals surface area contributed by atoms with E-state index in [0.717, 1.165) is 16.5 Å². The largest absolute Gasteiger partial charge is 0.463 e. The van der Waals surface area contributed by atoms with Crippen LogP contribution in [0.25, 0.3) is 17.0 Å². The highest BCUT2D eigenvalue weighted by Crippen LogP contribution is 2.31. The SMILES string of the molecule is COC(=O)c1ccc(Cn2cc(/C=C3\SC(=Nc4ccc(Cl)cc4)NC3=O)c3ccccc32)o1. The number of aromatic nitrogens is 1. The summed E-state index contributed by atoms with van der Waals surface area (Å²) in [5.41, 5.74) is 2.57. The molecule has 7 nitrogen and oxygen atoms in total. The van der Waals surface area contributed by atoms with Gasteiger partial charge in [0.2, 0.25) is 5.76 Å². The summed E-state index contributed by atoms with van der Waals surface area (Å²) in [6.45, 7) is 0.420. The summed E-state index contributed by atoms with van der Waals surface area (Å²) < 4.78 is 12.3. The third-order valence-corrected chi connectivity index (χ3v) is 6.35. The van der Waals surface area contributed by atoms with Crippen molar-refractivity contribution in [3.8, 4) is 0 Å². The number of carbonyl (C=O) groups is 2. The van der Waals surface area contributed by atoms with Crippen LogP contribution in [0.1, 0.15) is 21.9 Å². The molecule has 1 amide bonds. The van der Waals surface area contributed by atoms with Crippen LogP contribution in [0.4, 0.5) is 5.69 Å². The number of furan rings is 1. The molecule has 1 aliphatic rings. The Morgan fingerprint density at radius 3 is 2.76 bits per heavy atom. The summed E-state index contributed by atoms with van der Waals surface area (Å²) in [7, 11) is 1.31. The highest BCUT2D eigenvalue weighted by Gasteiger charge is 2.24. The number of methoxy groups -OCH3 is 1. The molecular weight excluding hydrogens is 474 g/mol. The predicted octanol–water partition coefficient (Wildman–Crippen LogP) is 5.61. The van der Waals surface area contributed by atoms with Crippen LogP contribution in [0, 0.1) is 0 Å². The van der Waals surface area contributed by atoms with E-state index in [0.29, 0.717) is 33.1 Å². The van der Waals surface area contributed by atoms with Gasteiger partial charge in [0.15, 0.2) is 5.17 Å². The van der Waals surface area contributed by atoms with Crippen molar-refractivity contribution in [1.29, 1.82) is 0 Å². The second-order valence-electron chi connectivity index (χ2n) is 7.45. The lowest BCUT2D eigenvalue weighted by molar-refractivity contribution is -0.115. The maximum Gasteiger partial charge on any atom is 0.373 e. The zero-order chi connectivity index (χ0) is 23.7. The lowest BCUT2D eigenvalue weighted by atomic mass is 10.1. The number of halogens is 1.